The van der Waals surface area contributed by atoms with E-state index in [1.165, 1.54) is 16.4 Å². The van der Waals surface area contributed by atoms with Gasteiger partial charge in [0.25, 0.3) is 15.9 Å². The minimum atomic E-state index is -3.70. The summed E-state index contributed by atoms with van der Waals surface area (Å²) in [4.78, 5) is 12.5. The second-order valence-corrected chi connectivity index (χ2v) is 9.51. The molecule has 1 atom stereocenters. The maximum absolute atomic E-state index is 13.1. The molecule has 0 spiro atoms. The van der Waals surface area contributed by atoms with Gasteiger partial charge in [-0.2, -0.15) is 0 Å². The Kier molecular flexibility index (Phi) is 5.49. The van der Waals surface area contributed by atoms with Crippen LogP contribution >= 0.6 is 11.6 Å². The highest BCUT2D eigenvalue weighted by atomic mass is 35.5. The Morgan fingerprint density at radius 3 is 2.52 bits per heavy atom. The monoisotopic (exact) mass is 406 g/mol. The van der Waals surface area contributed by atoms with E-state index in [2.05, 4.69) is 5.32 Å². The Labute approximate surface area is 165 Å². The molecule has 0 aliphatic carbocycles. The molecule has 0 unspecified atom stereocenters. The summed E-state index contributed by atoms with van der Waals surface area (Å²) < 4.78 is 27.7. The molecule has 27 heavy (non-hydrogen) atoms. The number of hydrogen-bond acceptors (Lipinski definition) is 3. The lowest BCUT2D eigenvalue weighted by atomic mass is 10.1. The lowest BCUT2D eigenvalue weighted by Gasteiger charge is -2.24. The lowest BCUT2D eigenvalue weighted by molar-refractivity contribution is 0.0949. The summed E-state index contributed by atoms with van der Waals surface area (Å²) >= 11 is 5.88. The first-order valence-corrected chi connectivity index (χ1v) is 10.7. The number of carbonyl (C=O) groups excluding carboxylic acids is 1. The molecule has 1 aliphatic heterocycles. The van der Waals surface area contributed by atoms with Crippen LogP contribution in [0.5, 0.6) is 0 Å². The summed E-state index contributed by atoms with van der Waals surface area (Å²) in [7, 11) is -3.70. The van der Waals surface area contributed by atoms with Gasteiger partial charge in [0.05, 0.1) is 10.6 Å². The van der Waals surface area contributed by atoms with E-state index in [-0.39, 0.29) is 16.8 Å². The normalized spacial score (nSPS) is 16.5. The molecule has 144 valence electrons. The van der Waals surface area contributed by atoms with Crippen molar-refractivity contribution in [3.8, 4) is 0 Å². The summed E-state index contributed by atoms with van der Waals surface area (Å²) in [6, 6.07) is 11.1. The van der Waals surface area contributed by atoms with E-state index in [0.29, 0.717) is 35.2 Å². The molecule has 2 aromatic rings. The second kappa shape index (κ2) is 7.52. The van der Waals surface area contributed by atoms with Gasteiger partial charge in [0.1, 0.15) is 0 Å². The van der Waals surface area contributed by atoms with Crippen LogP contribution < -0.4 is 9.62 Å². The van der Waals surface area contributed by atoms with Crippen molar-refractivity contribution < 1.29 is 13.2 Å². The van der Waals surface area contributed by atoms with Crippen molar-refractivity contribution in [3.63, 3.8) is 0 Å². The molecule has 1 aliphatic rings. The Morgan fingerprint density at radius 2 is 1.89 bits per heavy atom. The zero-order valence-corrected chi connectivity index (χ0v) is 17.1. The van der Waals surface area contributed by atoms with Crippen molar-refractivity contribution in [2.24, 2.45) is 5.92 Å². The van der Waals surface area contributed by atoms with Crippen LogP contribution in [-0.4, -0.2) is 26.9 Å². The van der Waals surface area contributed by atoms with E-state index >= 15 is 0 Å². The standard InChI is InChI=1S/C20H23ClN2O3S/c1-13(2)12-22-20(24)15-4-9-19-16(11-15)10-14(3)23(19)27(25,26)18-7-5-17(21)6-8-18/h4-9,11,13-14H,10,12H2,1-3H3,(H,22,24)/t14-/m1/s1. The fourth-order valence-electron chi connectivity index (χ4n) is 3.23. The highest BCUT2D eigenvalue weighted by Gasteiger charge is 2.36. The quantitative estimate of drug-likeness (QED) is 0.819. The van der Waals surface area contributed by atoms with Crippen LogP contribution in [-0.2, 0) is 16.4 Å². The van der Waals surface area contributed by atoms with E-state index < -0.39 is 10.0 Å². The van der Waals surface area contributed by atoms with Crippen molar-refractivity contribution in [1.82, 2.24) is 5.32 Å². The number of rotatable bonds is 5. The van der Waals surface area contributed by atoms with Gasteiger partial charge in [-0.15, -0.1) is 0 Å². The zero-order valence-electron chi connectivity index (χ0n) is 15.6. The Bertz CT molecular complexity index is 956. The van der Waals surface area contributed by atoms with Crippen molar-refractivity contribution in [1.29, 1.82) is 0 Å². The number of benzene rings is 2. The predicted octanol–water partition coefficient (Wildman–Crippen LogP) is 3.87. The van der Waals surface area contributed by atoms with E-state index in [4.69, 9.17) is 11.6 Å². The molecule has 7 heteroatoms. The maximum atomic E-state index is 13.1. The van der Waals surface area contributed by atoms with Gasteiger partial charge in [-0.05, 0) is 67.3 Å². The summed E-state index contributed by atoms with van der Waals surface area (Å²) in [6.07, 6.45) is 0.563. The molecular weight excluding hydrogens is 384 g/mol. The van der Waals surface area contributed by atoms with Crippen molar-refractivity contribution in [2.75, 3.05) is 10.8 Å². The van der Waals surface area contributed by atoms with Crippen LogP contribution in [0.4, 0.5) is 5.69 Å². The fraction of sp³-hybridized carbons (Fsp3) is 0.350. The molecule has 0 bridgehead atoms. The molecule has 2 aromatic carbocycles. The van der Waals surface area contributed by atoms with E-state index in [1.807, 2.05) is 20.8 Å². The summed E-state index contributed by atoms with van der Waals surface area (Å²) in [5, 5.41) is 3.38. The van der Waals surface area contributed by atoms with Gasteiger partial charge in [0.2, 0.25) is 0 Å². The highest BCUT2D eigenvalue weighted by Crippen LogP contribution is 2.37. The average Bonchev–Trinajstić information content (AvgIpc) is 2.95. The van der Waals surface area contributed by atoms with Gasteiger partial charge in [0, 0.05) is 23.2 Å². The van der Waals surface area contributed by atoms with Crippen LogP contribution in [0.2, 0.25) is 5.02 Å². The van der Waals surface area contributed by atoms with E-state index in [1.54, 1.807) is 30.3 Å². The lowest BCUT2D eigenvalue weighted by Crippen LogP contribution is -2.35. The zero-order chi connectivity index (χ0) is 19.8. The van der Waals surface area contributed by atoms with Crippen molar-refractivity contribution in [3.05, 3.63) is 58.6 Å². The third kappa shape index (κ3) is 3.96. The Hall–Kier alpha value is -2.05. The summed E-state index contributed by atoms with van der Waals surface area (Å²) in [5.41, 5.74) is 2.03. The number of nitrogens with one attached hydrogen (secondary N) is 1. The number of amides is 1. The number of carbonyl (C=O) groups is 1. The third-order valence-electron chi connectivity index (χ3n) is 4.54. The minimum absolute atomic E-state index is 0.141. The Balaban J connectivity index is 1.92. The average molecular weight is 407 g/mol. The molecule has 0 saturated carbocycles. The summed E-state index contributed by atoms with van der Waals surface area (Å²) in [5.74, 6) is 0.224. The van der Waals surface area contributed by atoms with Crippen LogP contribution in [0.1, 0.15) is 36.7 Å². The molecule has 5 nitrogen and oxygen atoms in total. The van der Waals surface area contributed by atoms with Gasteiger partial charge in [-0.25, -0.2) is 8.42 Å². The molecule has 1 amide bonds. The van der Waals surface area contributed by atoms with Crippen molar-refractivity contribution in [2.45, 2.75) is 38.1 Å². The largest absolute Gasteiger partial charge is 0.352 e. The third-order valence-corrected chi connectivity index (χ3v) is 6.73. The van der Waals surface area contributed by atoms with Gasteiger partial charge in [0.15, 0.2) is 0 Å². The molecule has 1 heterocycles. The van der Waals surface area contributed by atoms with E-state index in [0.717, 1.165) is 5.56 Å². The number of halogens is 1. The van der Waals surface area contributed by atoms with E-state index in [9.17, 15) is 13.2 Å². The summed E-state index contributed by atoms with van der Waals surface area (Å²) in [6.45, 7) is 6.53. The predicted molar refractivity (Wildman–Crippen MR) is 108 cm³/mol. The van der Waals surface area contributed by atoms with Gasteiger partial charge >= 0.3 is 0 Å². The van der Waals surface area contributed by atoms with Crippen LogP contribution in [0.25, 0.3) is 0 Å². The van der Waals surface area contributed by atoms with Gasteiger partial charge in [-0.3, -0.25) is 9.10 Å². The minimum Gasteiger partial charge on any atom is -0.352 e. The molecule has 3 rings (SSSR count). The maximum Gasteiger partial charge on any atom is 0.264 e. The second-order valence-electron chi connectivity index (χ2n) is 7.26. The number of fused-ring (bicyclic) bond motifs is 1. The SMILES string of the molecule is CC(C)CNC(=O)c1ccc2c(c1)C[C@@H](C)N2S(=O)(=O)c1ccc(Cl)cc1. The molecule has 1 N–H and O–H groups in total. The van der Waals surface area contributed by atoms with Crippen molar-refractivity contribution >= 4 is 33.2 Å². The van der Waals surface area contributed by atoms with Crippen LogP contribution in [0, 0.1) is 5.92 Å². The van der Waals surface area contributed by atoms with Gasteiger partial charge < -0.3 is 5.32 Å². The molecule has 0 fully saturated rings. The molecule has 0 saturated heterocycles. The first kappa shape index (κ1) is 19.7. The molecule has 0 aromatic heterocycles. The Morgan fingerprint density at radius 1 is 1.22 bits per heavy atom. The van der Waals surface area contributed by atoms with Crippen LogP contribution in [0.3, 0.4) is 0 Å². The number of anilines is 1. The van der Waals surface area contributed by atoms with Gasteiger partial charge in [-0.1, -0.05) is 25.4 Å². The molecule has 0 radical (unpaired) electrons. The first-order valence-electron chi connectivity index (χ1n) is 8.91. The molecular formula is C20H23ClN2O3S. The first-order chi connectivity index (χ1) is 12.7. The number of nitrogens with zero attached hydrogens (tertiary/aromatic N) is 1. The number of hydrogen-bond donors (Lipinski definition) is 1. The smallest absolute Gasteiger partial charge is 0.264 e. The highest BCUT2D eigenvalue weighted by molar-refractivity contribution is 7.92. The fourth-order valence-corrected chi connectivity index (χ4v) is 5.05. The topological polar surface area (TPSA) is 66.5 Å². The van der Waals surface area contributed by atoms with Crippen LogP contribution in [0.15, 0.2) is 47.4 Å². The number of sulfonamides is 1.